The molecule has 82 valence electrons. The largest absolute Gasteiger partial charge is 0.313 e. The van der Waals surface area contributed by atoms with Crippen molar-refractivity contribution in [3.05, 3.63) is 23.5 Å². The van der Waals surface area contributed by atoms with Gasteiger partial charge in [-0.1, -0.05) is 6.08 Å². The van der Waals surface area contributed by atoms with Crippen LogP contribution in [0.1, 0.15) is 37.7 Å². The summed E-state index contributed by atoms with van der Waals surface area (Å²) in [6.07, 6.45) is 3.34. The Hall–Kier alpha value is -1.09. The summed E-state index contributed by atoms with van der Waals surface area (Å²) in [4.78, 5) is 0. The van der Waals surface area contributed by atoms with Crippen LogP contribution < -0.4 is 5.32 Å². The highest BCUT2D eigenvalue weighted by Gasteiger charge is 2.12. The molecule has 0 saturated carbocycles. The Morgan fingerprint density at radius 2 is 2.27 bits per heavy atom. The Morgan fingerprint density at radius 1 is 1.47 bits per heavy atom. The van der Waals surface area contributed by atoms with E-state index in [0.717, 1.165) is 25.2 Å². The first-order valence-electron chi connectivity index (χ1n) is 5.65. The van der Waals surface area contributed by atoms with Gasteiger partial charge in [0.25, 0.3) is 0 Å². The van der Waals surface area contributed by atoms with Gasteiger partial charge in [-0.05, 0) is 45.4 Å². The lowest BCUT2D eigenvalue weighted by Crippen LogP contribution is -2.20. The van der Waals surface area contributed by atoms with Crippen molar-refractivity contribution in [2.24, 2.45) is 0 Å². The highest BCUT2D eigenvalue weighted by molar-refractivity contribution is 5.63. The van der Waals surface area contributed by atoms with E-state index in [0.29, 0.717) is 6.04 Å². The summed E-state index contributed by atoms with van der Waals surface area (Å²) in [6, 6.07) is 2.64. The average Bonchev–Trinajstić information content (AvgIpc) is 2.62. The van der Waals surface area contributed by atoms with Gasteiger partial charge in [0.05, 0.1) is 5.69 Å². The molecule has 2 heterocycles. The SMILES string of the molecule is Cc1cc(C2=CCNCC2)nn1C(C)C. The monoisotopic (exact) mass is 205 g/mol. The van der Waals surface area contributed by atoms with E-state index in [1.807, 2.05) is 0 Å². The number of aromatic nitrogens is 2. The number of rotatable bonds is 2. The number of nitrogens with zero attached hydrogens (tertiary/aromatic N) is 2. The molecule has 0 bridgehead atoms. The molecule has 1 N–H and O–H groups in total. The van der Waals surface area contributed by atoms with Crippen LogP contribution in [0.4, 0.5) is 0 Å². The van der Waals surface area contributed by atoms with E-state index in [-0.39, 0.29) is 0 Å². The summed E-state index contributed by atoms with van der Waals surface area (Å²) < 4.78 is 2.10. The maximum atomic E-state index is 4.65. The van der Waals surface area contributed by atoms with E-state index >= 15 is 0 Å². The van der Waals surface area contributed by atoms with Crippen LogP contribution in [-0.4, -0.2) is 22.9 Å². The van der Waals surface area contributed by atoms with Crippen molar-refractivity contribution in [1.82, 2.24) is 15.1 Å². The standard InChI is InChI=1S/C12H19N3/c1-9(2)15-10(3)8-12(14-15)11-4-6-13-7-5-11/h4,8-9,13H,5-7H2,1-3H3. The smallest absolute Gasteiger partial charge is 0.0883 e. The number of hydrogen-bond acceptors (Lipinski definition) is 2. The summed E-state index contributed by atoms with van der Waals surface area (Å²) in [5, 5.41) is 7.97. The zero-order valence-electron chi connectivity index (χ0n) is 9.75. The predicted octanol–water partition coefficient (Wildman–Crippen LogP) is 2.15. The van der Waals surface area contributed by atoms with Crippen LogP contribution in [0.3, 0.4) is 0 Å². The second-order valence-electron chi connectivity index (χ2n) is 4.39. The Balaban J connectivity index is 2.29. The van der Waals surface area contributed by atoms with Crippen LogP contribution in [0.25, 0.3) is 5.57 Å². The first kappa shape index (κ1) is 10.4. The summed E-state index contributed by atoms with van der Waals surface area (Å²) in [7, 11) is 0. The Labute approximate surface area is 91.2 Å². The van der Waals surface area contributed by atoms with E-state index in [9.17, 15) is 0 Å². The minimum absolute atomic E-state index is 0.445. The van der Waals surface area contributed by atoms with Gasteiger partial charge in [-0.25, -0.2) is 0 Å². The topological polar surface area (TPSA) is 29.9 Å². The van der Waals surface area contributed by atoms with Gasteiger partial charge in [0.15, 0.2) is 0 Å². The number of nitrogens with one attached hydrogen (secondary N) is 1. The fourth-order valence-corrected chi connectivity index (χ4v) is 2.02. The van der Waals surface area contributed by atoms with Crippen molar-refractivity contribution in [2.75, 3.05) is 13.1 Å². The quantitative estimate of drug-likeness (QED) is 0.801. The molecule has 0 atom stereocenters. The van der Waals surface area contributed by atoms with Crippen molar-refractivity contribution in [1.29, 1.82) is 0 Å². The fraction of sp³-hybridized carbons (Fsp3) is 0.583. The molecule has 0 fully saturated rings. The summed E-state index contributed by atoms with van der Waals surface area (Å²) >= 11 is 0. The zero-order valence-corrected chi connectivity index (χ0v) is 9.75. The third-order valence-corrected chi connectivity index (χ3v) is 2.80. The second kappa shape index (κ2) is 4.19. The molecule has 0 aliphatic carbocycles. The van der Waals surface area contributed by atoms with Gasteiger partial charge in [-0.3, -0.25) is 4.68 Å². The van der Waals surface area contributed by atoms with E-state index in [1.54, 1.807) is 0 Å². The summed E-state index contributed by atoms with van der Waals surface area (Å²) in [5.41, 5.74) is 3.79. The van der Waals surface area contributed by atoms with Gasteiger partial charge < -0.3 is 5.32 Å². The molecule has 1 aliphatic heterocycles. The molecule has 0 saturated heterocycles. The van der Waals surface area contributed by atoms with Crippen molar-refractivity contribution in [3.63, 3.8) is 0 Å². The molecule has 1 aromatic heterocycles. The predicted molar refractivity (Wildman–Crippen MR) is 62.8 cm³/mol. The van der Waals surface area contributed by atoms with Crippen LogP contribution in [0, 0.1) is 6.92 Å². The molecule has 1 aromatic rings. The van der Waals surface area contributed by atoms with Crippen molar-refractivity contribution in [3.8, 4) is 0 Å². The first-order valence-corrected chi connectivity index (χ1v) is 5.65. The minimum Gasteiger partial charge on any atom is -0.313 e. The van der Waals surface area contributed by atoms with E-state index < -0.39 is 0 Å². The molecule has 0 radical (unpaired) electrons. The second-order valence-corrected chi connectivity index (χ2v) is 4.39. The van der Waals surface area contributed by atoms with Gasteiger partial charge in [-0.2, -0.15) is 5.10 Å². The lowest BCUT2D eigenvalue weighted by molar-refractivity contribution is 0.517. The van der Waals surface area contributed by atoms with E-state index in [1.165, 1.54) is 11.3 Å². The molecule has 0 unspecified atom stereocenters. The molecule has 3 heteroatoms. The van der Waals surface area contributed by atoms with Crippen molar-refractivity contribution >= 4 is 5.57 Å². The molecule has 0 amide bonds. The van der Waals surface area contributed by atoms with Crippen LogP contribution in [-0.2, 0) is 0 Å². The van der Waals surface area contributed by atoms with Gasteiger partial charge in [-0.15, -0.1) is 0 Å². The van der Waals surface area contributed by atoms with Crippen molar-refractivity contribution in [2.45, 2.75) is 33.2 Å². The summed E-state index contributed by atoms with van der Waals surface area (Å²) in [6.45, 7) is 8.50. The molecule has 2 rings (SSSR count). The number of aryl methyl sites for hydroxylation is 1. The van der Waals surface area contributed by atoms with E-state index in [2.05, 4.69) is 48.0 Å². The van der Waals surface area contributed by atoms with Crippen LogP contribution >= 0.6 is 0 Å². The third kappa shape index (κ3) is 2.12. The van der Waals surface area contributed by atoms with Gasteiger partial charge in [0, 0.05) is 18.3 Å². The van der Waals surface area contributed by atoms with Gasteiger partial charge in [0.1, 0.15) is 0 Å². The highest BCUT2D eigenvalue weighted by atomic mass is 15.3. The maximum absolute atomic E-state index is 4.65. The Kier molecular flexibility index (Phi) is 2.91. The molecular weight excluding hydrogens is 186 g/mol. The molecule has 1 aliphatic rings. The Bertz CT molecular complexity index is 374. The lowest BCUT2D eigenvalue weighted by Gasteiger charge is -2.12. The van der Waals surface area contributed by atoms with Crippen LogP contribution in [0.2, 0.25) is 0 Å². The normalized spacial score (nSPS) is 16.9. The minimum atomic E-state index is 0.445. The van der Waals surface area contributed by atoms with Crippen LogP contribution in [0.15, 0.2) is 12.1 Å². The maximum Gasteiger partial charge on any atom is 0.0883 e. The van der Waals surface area contributed by atoms with E-state index in [4.69, 9.17) is 0 Å². The van der Waals surface area contributed by atoms with Gasteiger partial charge in [0.2, 0.25) is 0 Å². The molecule has 0 spiro atoms. The lowest BCUT2D eigenvalue weighted by atomic mass is 10.1. The molecule has 3 nitrogen and oxygen atoms in total. The molecule has 0 aromatic carbocycles. The molecular formula is C12H19N3. The zero-order chi connectivity index (χ0) is 10.8. The average molecular weight is 205 g/mol. The first-order chi connectivity index (χ1) is 7.18. The van der Waals surface area contributed by atoms with Crippen molar-refractivity contribution < 1.29 is 0 Å². The van der Waals surface area contributed by atoms with Gasteiger partial charge >= 0.3 is 0 Å². The summed E-state index contributed by atoms with van der Waals surface area (Å²) in [5.74, 6) is 0. The third-order valence-electron chi connectivity index (χ3n) is 2.80. The van der Waals surface area contributed by atoms with Crippen LogP contribution in [0.5, 0.6) is 0 Å². The number of hydrogen-bond donors (Lipinski definition) is 1. The fourth-order valence-electron chi connectivity index (χ4n) is 2.02. The Morgan fingerprint density at radius 3 is 2.80 bits per heavy atom. The highest BCUT2D eigenvalue weighted by Crippen LogP contribution is 2.20. The molecule has 15 heavy (non-hydrogen) atoms.